The van der Waals surface area contributed by atoms with Crippen molar-refractivity contribution < 1.29 is 4.79 Å². The molecule has 1 aliphatic heterocycles. The van der Waals surface area contributed by atoms with E-state index in [0.29, 0.717) is 18.9 Å². The largest absolute Gasteiger partial charge is 0.356 e. The third-order valence-electron chi connectivity index (χ3n) is 4.29. The van der Waals surface area contributed by atoms with E-state index in [1.165, 1.54) is 12.0 Å². The summed E-state index contributed by atoms with van der Waals surface area (Å²) in [7, 11) is 5.37. The molecule has 1 saturated heterocycles. The van der Waals surface area contributed by atoms with Crippen LogP contribution in [0.5, 0.6) is 0 Å². The van der Waals surface area contributed by atoms with Gasteiger partial charge in [-0.25, -0.2) is 0 Å². The summed E-state index contributed by atoms with van der Waals surface area (Å²) < 4.78 is 0. The molecule has 1 N–H and O–H groups in total. The fourth-order valence-electron chi connectivity index (χ4n) is 2.98. The fraction of sp³-hybridized carbons (Fsp3) is 0.556. The number of hydrogen-bond donors (Lipinski definition) is 1. The number of nitrogens with zero attached hydrogens (tertiary/aromatic N) is 3. The zero-order valence-electron chi connectivity index (χ0n) is 14.5. The van der Waals surface area contributed by atoms with Gasteiger partial charge in [-0.15, -0.1) is 0 Å². The van der Waals surface area contributed by atoms with Crippen molar-refractivity contribution in [3.63, 3.8) is 0 Å². The van der Waals surface area contributed by atoms with E-state index >= 15 is 0 Å². The van der Waals surface area contributed by atoms with Gasteiger partial charge in [-0.1, -0.05) is 30.3 Å². The van der Waals surface area contributed by atoms with E-state index in [1.807, 2.05) is 0 Å². The summed E-state index contributed by atoms with van der Waals surface area (Å²) >= 11 is 0. The second-order valence-electron chi connectivity index (χ2n) is 6.30. The van der Waals surface area contributed by atoms with Gasteiger partial charge in [0.2, 0.25) is 5.91 Å². The molecule has 23 heavy (non-hydrogen) atoms. The standard InChI is InChI=1S/C18H28N4O/c1-19-18(20-11-9-17(23)21(2)3)22-12-10-16(14-22)13-15-7-5-4-6-8-15/h4-8,16H,9-14H2,1-3H3,(H,19,20). The van der Waals surface area contributed by atoms with Crippen molar-refractivity contribution in [1.29, 1.82) is 0 Å². The Morgan fingerprint density at radius 1 is 1.35 bits per heavy atom. The van der Waals surface area contributed by atoms with Gasteiger partial charge in [-0.05, 0) is 24.3 Å². The highest BCUT2D eigenvalue weighted by molar-refractivity contribution is 5.81. The highest BCUT2D eigenvalue weighted by atomic mass is 16.2. The number of carbonyl (C=O) groups is 1. The molecule has 1 aliphatic rings. The number of aliphatic imine (C=N–C) groups is 1. The normalized spacial score (nSPS) is 18.1. The summed E-state index contributed by atoms with van der Waals surface area (Å²) in [6.07, 6.45) is 2.80. The van der Waals surface area contributed by atoms with Crippen LogP contribution in [0.1, 0.15) is 18.4 Å². The average Bonchev–Trinajstić information content (AvgIpc) is 3.00. The topological polar surface area (TPSA) is 47.9 Å². The lowest BCUT2D eigenvalue weighted by molar-refractivity contribution is -0.128. The van der Waals surface area contributed by atoms with Gasteiger partial charge in [-0.2, -0.15) is 0 Å². The van der Waals surface area contributed by atoms with E-state index in [0.717, 1.165) is 25.5 Å². The van der Waals surface area contributed by atoms with E-state index < -0.39 is 0 Å². The zero-order chi connectivity index (χ0) is 16.7. The molecular weight excluding hydrogens is 288 g/mol. The minimum absolute atomic E-state index is 0.135. The lowest BCUT2D eigenvalue weighted by atomic mass is 9.99. The van der Waals surface area contributed by atoms with E-state index in [2.05, 4.69) is 45.5 Å². The predicted octanol–water partition coefficient (Wildman–Crippen LogP) is 1.60. The second-order valence-corrected chi connectivity index (χ2v) is 6.30. The Hall–Kier alpha value is -2.04. The summed E-state index contributed by atoms with van der Waals surface area (Å²) in [5.41, 5.74) is 1.40. The minimum Gasteiger partial charge on any atom is -0.356 e. The Bertz CT molecular complexity index is 527. The molecule has 1 unspecified atom stereocenters. The smallest absolute Gasteiger partial charge is 0.223 e. The number of amides is 1. The van der Waals surface area contributed by atoms with Gasteiger partial charge in [-0.3, -0.25) is 9.79 Å². The first-order chi connectivity index (χ1) is 11.1. The van der Waals surface area contributed by atoms with Crippen LogP contribution < -0.4 is 5.32 Å². The van der Waals surface area contributed by atoms with Gasteiger partial charge >= 0.3 is 0 Å². The Morgan fingerprint density at radius 3 is 2.74 bits per heavy atom. The predicted molar refractivity (Wildman–Crippen MR) is 94.5 cm³/mol. The third-order valence-corrected chi connectivity index (χ3v) is 4.29. The fourth-order valence-corrected chi connectivity index (χ4v) is 2.98. The van der Waals surface area contributed by atoms with Gasteiger partial charge in [0, 0.05) is 47.2 Å². The quantitative estimate of drug-likeness (QED) is 0.663. The first kappa shape index (κ1) is 17.3. The molecule has 5 nitrogen and oxygen atoms in total. The molecular formula is C18H28N4O. The maximum atomic E-state index is 11.6. The molecule has 1 aromatic carbocycles. The summed E-state index contributed by atoms with van der Waals surface area (Å²) in [5.74, 6) is 1.71. The number of benzene rings is 1. The Morgan fingerprint density at radius 2 is 2.09 bits per heavy atom. The first-order valence-electron chi connectivity index (χ1n) is 8.30. The molecule has 2 rings (SSSR count). The summed E-state index contributed by atoms with van der Waals surface area (Å²) in [6, 6.07) is 10.7. The van der Waals surface area contributed by atoms with E-state index in [4.69, 9.17) is 0 Å². The molecule has 0 aromatic heterocycles. The lowest BCUT2D eigenvalue weighted by Gasteiger charge is -2.22. The molecule has 5 heteroatoms. The highest BCUT2D eigenvalue weighted by Gasteiger charge is 2.24. The van der Waals surface area contributed by atoms with Crippen LogP contribution in [-0.4, -0.2) is 62.4 Å². The molecule has 1 heterocycles. The van der Waals surface area contributed by atoms with E-state index in [-0.39, 0.29) is 5.91 Å². The van der Waals surface area contributed by atoms with Crippen LogP contribution in [0.3, 0.4) is 0 Å². The van der Waals surface area contributed by atoms with Crippen LogP contribution in [0.25, 0.3) is 0 Å². The summed E-state index contributed by atoms with van der Waals surface area (Å²) in [6.45, 7) is 2.68. The van der Waals surface area contributed by atoms with Crippen molar-refractivity contribution in [3.8, 4) is 0 Å². The van der Waals surface area contributed by atoms with Crippen LogP contribution >= 0.6 is 0 Å². The Kier molecular flexibility index (Phi) is 6.44. The van der Waals surface area contributed by atoms with Gasteiger partial charge in [0.25, 0.3) is 0 Å². The molecule has 1 amide bonds. The number of guanidine groups is 1. The highest BCUT2D eigenvalue weighted by Crippen LogP contribution is 2.20. The number of rotatable bonds is 5. The van der Waals surface area contributed by atoms with Crippen molar-refractivity contribution >= 4 is 11.9 Å². The molecule has 0 aliphatic carbocycles. The van der Waals surface area contributed by atoms with Crippen LogP contribution in [0.2, 0.25) is 0 Å². The van der Waals surface area contributed by atoms with Crippen molar-refractivity contribution in [2.75, 3.05) is 40.8 Å². The lowest BCUT2D eigenvalue weighted by Crippen LogP contribution is -2.41. The van der Waals surface area contributed by atoms with E-state index in [9.17, 15) is 4.79 Å². The van der Waals surface area contributed by atoms with E-state index in [1.54, 1.807) is 26.0 Å². The monoisotopic (exact) mass is 316 g/mol. The molecule has 1 atom stereocenters. The van der Waals surface area contributed by atoms with Crippen molar-refractivity contribution in [2.45, 2.75) is 19.3 Å². The Balaban J connectivity index is 1.78. The SMILES string of the molecule is CN=C(NCCC(=O)N(C)C)N1CCC(Cc2ccccc2)C1. The molecule has 1 fully saturated rings. The van der Waals surface area contributed by atoms with Crippen molar-refractivity contribution in [2.24, 2.45) is 10.9 Å². The third kappa shape index (κ3) is 5.27. The number of hydrogen-bond acceptors (Lipinski definition) is 2. The van der Waals surface area contributed by atoms with Crippen LogP contribution in [0.15, 0.2) is 35.3 Å². The molecule has 126 valence electrons. The molecule has 0 spiro atoms. The maximum absolute atomic E-state index is 11.6. The maximum Gasteiger partial charge on any atom is 0.223 e. The van der Waals surface area contributed by atoms with Gasteiger partial charge < -0.3 is 15.1 Å². The number of nitrogens with one attached hydrogen (secondary N) is 1. The second kappa shape index (κ2) is 8.56. The van der Waals surface area contributed by atoms with Crippen molar-refractivity contribution in [3.05, 3.63) is 35.9 Å². The molecule has 0 bridgehead atoms. The molecule has 0 saturated carbocycles. The van der Waals surface area contributed by atoms with Gasteiger partial charge in [0.1, 0.15) is 0 Å². The summed E-state index contributed by atoms with van der Waals surface area (Å²) in [4.78, 5) is 19.9. The first-order valence-corrected chi connectivity index (χ1v) is 8.30. The molecule has 1 aromatic rings. The molecule has 0 radical (unpaired) electrons. The van der Waals surface area contributed by atoms with Crippen LogP contribution in [0.4, 0.5) is 0 Å². The Labute approximate surface area is 139 Å². The number of likely N-dealkylation sites (tertiary alicyclic amines) is 1. The summed E-state index contributed by atoms with van der Waals surface area (Å²) in [5, 5.41) is 3.31. The van der Waals surface area contributed by atoms with Gasteiger partial charge in [0.05, 0.1) is 0 Å². The minimum atomic E-state index is 0.135. The van der Waals surface area contributed by atoms with Crippen LogP contribution in [-0.2, 0) is 11.2 Å². The van der Waals surface area contributed by atoms with Gasteiger partial charge in [0.15, 0.2) is 5.96 Å². The average molecular weight is 316 g/mol. The number of carbonyl (C=O) groups excluding carboxylic acids is 1. The van der Waals surface area contributed by atoms with Crippen LogP contribution in [0, 0.1) is 5.92 Å². The zero-order valence-corrected chi connectivity index (χ0v) is 14.5. The van der Waals surface area contributed by atoms with Crippen molar-refractivity contribution in [1.82, 2.24) is 15.1 Å².